The molecule has 0 spiro atoms. The van der Waals surface area contributed by atoms with Crippen LogP contribution in [0.5, 0.6) is 0 Å². The third-order valence-electron chi connectivity index (χ3n) is 4.70. The highest BCUT2D eigenvalue weighted by Crippen LogP contribution is 2.34. The molecule has 5 heterocycles. The Bertz CT molecular complexity index is 1220. The fraction of sp³-hybridized carbons (Fsp3) is 0.190. The van der Waals surface area contributed by atoms with Crippen LogP contribution in [0.15, 0.2) is 78.6 Å². The van der Waals surface area contributed by atoms with E-state index in [1.165, 1.54) is 5.01 Å². The van der Waals surface area contributed by atoms with Gasteiger partial charge >= 0.3 is 0 Å². The summed E-state index contributed by atoms with van der Waals surface area (Å²) >= 11 is 1.16. The third-order valence-corrected chi connectivity index (χ3v) is 5.50. The van der Waals surface area contributed by atoms with E-state index in [1.54, 1.807) is 30.8 Å². The van der Waals surface area contributed by atoms with E-state index in [0.29, 0.717) is 40.3 Å². The number of pyridine rings is 1. The van der Waals surface area contributed by atoms with E-state index in [1.807, 2.05) is 31.2 Å². The van der Waals surface area contributed by atoms with E-state index in [4.69, 9.17) is 13.3 Å². The van der Waals surface area contributed by atoms with Crippen molar-refractivity contribution in [1.29, 1.82) is 0 Å². The molecule has 156 valence electrons. The molecule has 0 bridgehead atoms. The molecule has 0 saturated carbocycles. The number of nitrogens with zero attached hydrogens (tertiary/aromatic N) is 5. The largest absolute Gasteiger partial charge is 0.467 e. The van der Waals surface area contributed by atoms with E-state index < -0.39 is 0 Å². The number of aryl methyl sites for hydroxylation is 1. The summed E-state index contributed by atoms with van der Waals surface area (Å²) in [4.78, 5) is 17.0. The minimum atomic E-state index is -0.336. The molecule has 5 rings (SSSR count). The van der Waals surface area contributed by atoms with Crippen LogP contribution < -0.4 is 0 Å². The van der Waals surface area contributed by atoms with Crippen LogP contribution in [0, 0.1) is 6.92 Å². The fourth-order valence-corrected chi connectivity index (χ4v) is 3.86. The van der Waals surface area contributed by atoms with Crippen LogP contribution in [0.1, 0.15) is 29.7 Å². The SMILES string of the molecule is Cc1ccc(C2=NN(C(=O)CSc3nnc(-c4cccnc4)o3)[C@@H](c3ccco3)C2)o1. The molecule has 0 aliphatic carbocycles. The zero-order valence-corrected chi connectivity index (χ0v) is 17.3. The van der Waals surface area contributed by atoms with Crippen molar-refractivity contribution in [3.63, 3.8) is 0 Å². The van der Waals surface area contributed by atoms with Gasteiger partial charge in [-0.2, -0.15) is 5.10 Å². The Labute approximate surface area is 181 Å². The molecule has 1 aliphatic heterocycles. The Hall–Kier alpha value is -3.66. The minimum Gasteiger partial charge on any atom is -0.467 e. The molecule has 9 nitrogen and oxygen atoms in total. The van der Waals surface area contributed by atoms with Crippen molar-refractivity contribution in [3.05, 3.63) is 72.3 Å². The number of hydrazone groups is 1. The maximum absolute atomic E-state index is 13.0. The molecule has 0 aromatic carbocycles. The summed E-state index contributed by atoms with van der Waals surface area (Å²) in [5.74, 6) is 2.33. The van der Waals surface area contributed by atoms with Gasteiger partial charge in [-0.25, -0.2) is 5.01 Å². The summed E-state index contributed by atoms with van der Waals surface area (Å²) in [5, 5.41) is 14.3. The second-order valence-electron chi connectivity index (χ2n) is 6.83. The molecule has 4 aromatic rings. The molecule has 4 aromatic heterocycles. The molecule has 0 N–H and O–H groups in total. The number of amides is 1. The first-order valence-electron chi connectivity index (χ1n) is 9.54. The maximum Gasteiger partial charge on any atom is 0.277 e. The predicted molar refractivity (Wildman–Crippen MR) is 111 cm³/mol. The Morgan fingerprint density at radius 1 is 1.19 bits per heavy atom. The maximum atomic E-state index is 13.0. The first-order chi connectivity index (χ1) is 15.2. The van der Waals surface area contributed by atoms with Crippen LogP contribution >= 0.6 is 11.8 Å². The van der Waals surface area contributed by atoms with Crippen molar-refractivity contribution in [1.82, 2.24) is 20.2 Å². The zero-order valence-electron chi connectivity index (χ0n) is 16.5. The van der Waals surface area contributed by atoms with Gasteiger partial charge in [-0.15, -0.1) is 10.2 Å². The Morgan fingerprint density at radius 2 is 2.13 bits per heavy atom. The molecule has 1 amide bonds. The summed E-state index contributed by atoms with van der Waals surface area (Å²) in [6, 6.07) is 10.6. The molecule has 0 fully saturated rings. The molecule has 0 saturated heterocycles. The number of carbonyl (C=O) groups excluding carboxylic acids is 1. The quantitative estimate of drug-likeness (QED) is 0.416. The van der Waals surface area contributed by atoms with Gasteiger partial charge in [-0.3, -0.25) is 9.78 Å². The lowest BCUT2D eigenvalue weighted by atomic mass is 10.1. The highest BCUT2D eigenvalue weighted by molar-refractivity contribution is 7.99. The molecule has 0 unspecified atom stereocenters. The van der Waals surface area contributed by atoms with Crippen molar-refractivity contribution < 1.29 is 18.0 Å². The second kappa shape index (κ2) is 8.23. The van der Waals surface area contributed by atoms with Crippen molar-refractivity contribution >= 4 is 23.4 Å². The lowest BCUT2D eigenvalue weighted by Gasteiger charge is -2.19. The third kappa shape index (κ3) is 4.02. The lowest BCUT2D eigenvalue weighted by Crippen LogP contribution is -2.28. The van der Waals surface area contributed by atoms with Gasteiger partial charge in [-0.05, 0) is 43.3 Å². The number of aromatic nitrogens is 3. The number of thioether (sulfide) groups is 1. The van der Waals surface area contributed by atoms with Gasteiger partial charge in [0.05, 0.1) is 17.6 Å². The Morgan fingerprint density at radius 3 is 2.87 bits per heavy atom. The number of carbonyl (C=O) groups is 1. The van der Waals surface area contributed by atoms with E-state index in [-0.39, 0.29) is 17.7 Å². The number of hydrogen-bond donors (Lipinski definition) is 0. The van der Waals surface area contributed by atoms with Gasteiger partial charge in [-0.1, -0.05) is 11.8 Å². The monoisotopic (exact) mass is 435 g/mol. The molecule has 1 aliphatic rings. The van der Waals surface area contributed by atoms with E-state index in [2.05, 4.69) is 20.3 Å². The summed E-state index contributed by atoms with van der Waals surface area (Å²) in [6.07, 6.45) is 5.39. The van der Waals surface area contributed by atoms with Crippen molar-refractivity contribution in [2.24, 2.45) is 5.10 Å². The highest BCUT2D eigenvalue weighted by Gasteiger charge is 2.36. The van der Waals surface area contributed by atoms with Crippen LogP contribution in [-0.4, -0.2) is 37.6 Å². The van der Waals surface area contributed by atoms with Crippen molar-refractivity contribution in [2.45, 2.75) is 24.6 Å². The van der Waals surface area contributed by atoms with Crippen LogP contribution in [0.2, 0.25) is 0 Å². The summed E-state index contributed by atoms with van der Waals surface area (Å²) in [6.45, 7) is 1.87. The summed E-state index contributed by atoms with van der Waals surface area (Å²) in [5.41, 5.74) is 1.41. The Balaban J connectivity index is 1.31. The number of furan rings is 2. The smallest absolute Gasteiger partial charge is 0.277 e. The molecule has 10 heteroatoms. The summed E-state index contributed by atoms with van der Waals surface area (Å²) in [7, 11) is 0. The normalized spacial score (nSPS) is 16.0. The number of rotatable bonds is 6. The summed E-state index contributed by atoms with van der Waals surface area (Å²) < 4.78 is 16.9. The lowest BCUT2D eigenvalue weighted by molar-refractivity contribution is -0.130. The van der Waals surface area contributed by atoms with Crippen molar-refractivity contribution in [2.75, 3.05) is 5.75 Å². The predicted octanol–water partition coefficient (Wildman–Crippen LogP) is 4.10. The topological polar surface area (TPSA) is 111 Å². The van der Waals surface area contributed by atoms with Crippen LogP contribution in [0.25, 0.3) is 11.5 Å². The van der Waals surface area contributed by atoms with Gasteiger partial charge in [0, 0.05) is 18.8 Å². The highest BCUT2D eigenvalue weighted by atomic mass is 32.2. The molecule has 31 heavy (non-hydrogen) atoms. The fourth-order valence-electron chi connectivity index (χ4n) is 3.24. The molecular formula is C21H17N5O4S. The molecular weight excluding hydrogens is 418 g/mol. The molecule has 0 radical (unpaired) electrons. The van der Waals surface area contributed by atoms with Crippen LogP contribution in [0.3, 0.4) is 0 Å². The van der Waals surface area contributed by atoms with E-state index in [0.717, 1.165) is 17.5 Å². The van der Waals surface area contributed by atoms with E-state index in [9.17, 15) is 4.79 Å². The minimum absolute atomic E-state index is 0.0832. The number of hydrogen-bond acceptors (Lipinski definition) is 9. The van der Waals surface area contributed by atoms with Crippen molar-refractivity contribution in [3.8, 4) is 11.5 Å². The van der Waals surface area contributed by atoms with Gasteiger partial charge in [0.15, 0.2) is 0 Å². The van der Waals surface area contributed by atoms with Crippen LogP contribution in [-0.2, 0) is 4.79 Å². The van der Waals surface area contributed by atoms with E-state index >= 15 is 0 Å². The van der Waals surface area contributed by atoms with Gasteiger partial charge in [0.1, 0.15) is 29.0 Å². The first kappa shape index (κ1) is 19.3. The average molecular weight is 435 g/mol. The van der Waals surface area contributed by atoms with Crippen LogP contribution in [0.4, 0.5) is 0 Å². The Kier molecular flexibility index (Phi) is 5.13. The molecule has 1 atom stereocenters. The van der Waals surface area contributed by atoms with Gasteiger partial charge < -0.3 is 13.3 Å². The first-order valence-corrected chi connectivity index (χ1v) is 10.5. The second-order valence-corrected chi connectivity index (χ2v) is 7.76. The zero-order chi connectivity index (χ0) is 21.2. The van der Waals surface area contributed by atoms with Gasteiger partial charge in [0.2, 0.25) is 5.89 Å². The standard InChI is InChI=1S/C21H17N5O4S/c1-13-6-7-17(29-13)15-10-16(18-5-3-9-28-18)26(25-15)19(27)12-31-21-24-23-20(30-21)14-4-2-8-22-11-14/h2-9,11,16H,10,12H2,1H3/t16-/m1/s1. The average Bonchev–Trinajstić information content (AvgIpc) is 3.59. The van der Waals surface area contributed by atoms with Gasteiger partial charge in [0.25, 0.3) is 11.1 Å².